The van der Waals surface area contributed by atoms with Crippen molar-refractivity contribution in [2.45, 2.75) is 25.8 Å². The third kappa shape index (κ3) is 3.57. The number of benzene rings is 1. The van der Waals surface area contributed by atoms with Crippen molar-refractivity contribution in [3.05, 3.63) is 27.7 Å². The fourth-order valence-electron chi connectivity index (χ4n) is 2.40. The largest absolute Gasteiger partial charge is 0.397 e. The number of nitrogens with zero attached hydrogens (tertiary/aromatic N) is 1. The molecule has 0 bridgehead atoms. The second-order valence-corrected chi connectivity index (χ2v) is 5.95. The second-order valence-electron chi connectivity index (χ2n) is 5.16. The minimum absolute atomic E-state index is 0.179. The van der Waals surface area contributed by atoms with Crippen LogP contribution >= 0.6 is 23.2 Å². The summed E-state index contributed by atoms with van der Waals surface area (Å²) in [7, 11) is 0. The summed E-state index contributed by atoms with van der Waals surface area (Å²) in [6.45, 7) is 4.95. The molecular weight excluding hydrogens is 297 g/mol. The highest BCUT2D eigenvalue weighted by atomic mass is 35.5. The molecule has 1 heterocycles. The number of carbonyl (C=O) groups is 1. The van der Waals surface area contributed by atoms with Crippen molar-refractivity contribution in [3.8, 4) is 0 Å². The molecule has 2 rings (SSSR count). The zero-order chi connectivity index (χ0) is 14.7. The van der Waals surface area contributed by atoms with Crippen molar-refractivity contribution in [1.29, 1.82) is 0 Å². The van der Waals surface area contributed by atoms with Crippen molar-refractivity contribution >= 4 is 34.8 Å². The smallest absolute Gasteiger partial charge is 0.251 e. The molecule has 0 aromatic heterocycles. The van der Waals surface area contributed by atoms with Crippen molar-refractivity contribution in [2.24, 2.45) is 0 Å². The molecule has 1 unspecified atom stereocenters. The lowest BCUT2D eigenvalue weighted by molar-refractivity contribution is 0.0940. The van der Waals surface area contributed by atoms with Gasteiger partial charge in [-0.15, -0.1) is 0 Å². The van der Waals surface area contributed by atoms with Gasteiger partial charge in [0, 0.05) is 18.2 Å². The van der Waals surface area contributed by atoms with Gasteiger partial charge in [0.2, 0.25) is 0 Å². The van der Waals surface area contributed by atoms with E-state index in [1.165, 1.54) is 18.9 Å². The number of hydrogen-bond donors (Lipinski definition) is 2. The van der Waals surface area contributed by atoms with Crippen LogP contribution in [0.1, 0.15) is 30.1 Å². The molecule has 1 amide bonds. The Hall–Kier alpha value is -0.970. The summed E-state index contributed by atoms with van der Waals surface area (Å²) >= 11 is 11.8. The molecule has 1 aromatic rings. The Balaban J connectivity index is 1.94. The zero-order valence-electron chi connectivity index (χ0n) is 11.5. The SMILES string of the molecule is CC(CNC(=O)c1cc(N)c(Cl)c(Cl)c1)N1CCCC1. The van der Waals surface area contributed by atoms with E-state index in [0.717, 1.165) is 13.1 Å². The van der Waals surface area contributed by atoms with E-state index >= 15 is 0 Å². The number of anilines is 1. The van der Waals surface area contributed by atoms with Gasteiger partial charge in [-0.1, -0.05) is 23.2 Å². The van der Waals surface area contributed by atoms with Crippen LogP contribution in [-0.4, -0.2) is 36.5 Å². The van der Waals surface area contributed by atoms with E-state index < -0.39 is 0 Å². The number of nitrogen functional groups attached to an aromatic ring is 1. The molecule has 0 aliphatic carbocycles. The lowest BCUT2D eigenvalue weighted by Gasteiger charge is -2.23. The Morgan fingerprint density at radius 3 is 2.65 bits per heavy atom. The number of nitrogens with two attached hydrogens (primary N) is 1. The third-order valence-corrected chi connectivity index (χ3v) is 4.46. The van der Waals surface area contributed by atoms with Crippen LogP contribution in [0.4, 0.5) is 5.69 Å². The minimum atomic E-state index is -0.179. The van der Waals surface area contributed by atoms with E-state index in [2.05, 4.69) is 17.1 Å². The van der Waals surface area contributed by atoms with Crippen LogP contribution in [0.15, 0.2) is 12.1 Å². The molecule has 4 nitrogen and oxygen atoms in total. The van der Waals surface area contributed by atoms with Gasteiger partial charge in [-0.3, -0.25) is 9.69 Å². The van der Waals surface area contributed by atoms with Crippen LogP contribution in [0.2, 0.25) is 10.0 Å². The molecule has 0 spiro atoms. The Morgan fingerprint density at radius 1 is 1.40 bits per heavy atom. The average molecular weight is 316 g/mol. The zero-order valence-corrected chi connectivity index (χ0v) is 13.0. The maximum atomic E-state index is 12.1. The molecule has 1 saturated heterocycles. The molecule has 6 heteroatoms. The van der Waals surface area contributed by atoms with Crippen LogP contribution in [0.25, 0.3) is 0 Å². The number of likely N-dealkylation sites (tertiary alicyclic amines) is 1. The van der Waals surface area contributed by atoms with Gasteiger partial charge < -0.3 is 11.1 Å². The van der Waals surface area contributed by atoms with Gasteiger partial charge in [0.25, 0.3) is 5.91 Å². The van der Waals surface area contributed by atoms with E-state index in [1.54, 1.807) is 6.07 Å². The van der Waals surface area contributed by atoms with Gasteiger partial charge in [0.15, 0.2) is 0 Å². The Morgan fingerprint density at radius 2 is 2.05 bits per heavy atom. The first-order valence-electron chi connectivity index (χ1n) is 6.76. The molecule has 1 atom stereocenters. The summed E-state index contributed by atoms with van der Waals surface area (Å²) in [6.07, 6.45) is 2.48. The number of carbonyl (C=O) groups excluding carboxylic acids is 1. The average Bonchev–Trinajstić information content (AvgIpc) is 2.95. The van der Waals surface area contributed by atoms with Crippen molar-refractivity contribution < 1.29 is 4.79 Å². The van der Waals surface area contributed by atoms with E-state index in [4.69, 9.17) is 28.9 Å². The fraction of sp³-hybridized carbons (Fsp3) is 0.500. The van der Waals surface area contributed by atoms with Gasteiger partial charge in [0.1, 0.15) is 0 Å². The summed E-state index contributed by atoms with van der Waals surface area (Å²) in [6, 6.07) is 3.42. The summed E-state index contributed by atoms with van der Waals surface area (Å²) in [5.74, 6) is -0.179. The van der Waals surface area contributed by atoms with Crippen LogP contribution in [0, 0.1) is 0 Å². The number of rotatable bonds is 4. The van der Waals surface area contributed by atoms with Crippen molar-refractivity contribution in [3.63, 3.8) is 0 Å². The van der Waals surface area contributed by atoms with E-state index in [1.807, 2.05) is 0 Å². The maximum Gasteiger partial charge on any atom is 0.251 e. The van der Waals surface area contributed by atoms with Gasteiger partial charge >= 0.3 is 0 Å². The molecule has 1 fully saturated rings. The van der Waals surface area contributed by atoms with E-state index in [0.29, 0.717) is 28.9 Å². The second kappa shape index (κ2) is 6.66. The number of hydrogen-bond acceptors (Lipinski definition) is 3. The number of nitrogens with one attached hydrogen (secondary N) is 1. The summed E-state index contributed by atoms with van der Waals surface area (Å²) in [5, 5.41) is 3.49. The molecule has 20 heavy (non-hydrogen) atoms. The molecule has 1 aliphatic heterocycles. The first-order valence-corrected chi connectivity index (χ1v) is 7.51. The fourth-order valence-corrected chi connectivity index (χ4v) is 2.73. The highest BCUT2D eigenvalue weighted by Crippen LogP contribution is 2.29. The number of amides is 1. The molecule has 110 valence electrons. The summed E-state index contributed by atoms with van der Waals surface area (Å²) < 4.78 is 0. The van der Waals surface area contributed by atoms with Crippen LogP contribution in [0.5, 0.6) is 0 Å². The minimum Gasteiger partial charge on any atom is -0.397 e. The first-order chi connectivity index (χ1) is 9.49. The molecule has 0 radical (unpaired) electrons. The predicted octanol–water partition coefficient (Wildman–Crippen LogP) is 2.79. The predicted molar refractivity (Wildman–Crippen MR) is 83.5 cm³/mol. The summed E-state index contributed by atoms with van der Waals surface area (Å²) in [4.78, 5) is 14.5. The third-order valence-electron chi connectivity index (χ3n) is 3.64. The monoisotopic (exact) mass is 315 g/mol. The van der Waals surface area contributed by atoms with Gasteiger partial charge in [-0.2, -0.15) is 0 Å². The molecule has 1 aromatic carbocycles. The van der Waals surface area contributed by atoms with Crippen LogP contribution in [0.3, 0.4) is 0 Å². The first kappa shape index (κ1) is 15.4. The van der Waals surface area contributed by atoms with E-state index in [9.17, 15) is 4.79 Å². The van der Waals surface area contributed by atoms with Gasteiger partial charge in [-0.05, 0) is 45.0 Å². The molecule has 0 saturated carbocycles. The molecular formula is C14H19Cl2N3O. The normalized spacial score (nSPS) is 17.1. The lowest BCUT2D eigenvalue weighted by atomic mass is 10.2. The Bertz CT molecular complexity index is 478. The van der Waals surface area contributed by atoms with Crippen molar-refractivity contribution in [2.75, 3.05) is 25.4 Å². The highest BCUT2D eigenvalue weighted by molar-refractivity contribution is 6.43. The molecule has 3 N–H and O–H groups in total. The Labute approximate surface area is 129 Å². The van der Waals surface area contributed by atoms with Crippen LogP contribution < -0.4 is 11.1 Å². The topological polar surface area (TPSA) is 58.4 Å². The quantitative estimate of drug-likeness (QED) is 0.840. The van der Waals surface area contributed by atoms with Gasteiger partial charge in [-0.25, -0.2) is 0 Å². The van der Waals surface area contributed by atoms with E-state index in [-0.39, 0.29) is 10.9 Å². The van der Waals surface area contributed by atoms with Crippen LogP contribution in [-0.2, 0) is 0 Å². The Kier molecular flexibility index (Phi) is 5.13. The highest BCUT2D eigenvalue weighted by Gasteiger charge is 2.19. The van der Waals surface area contributed by atoms with Crippen molar-refractivity contribution in [1.82, 2.24) is 10.2 Å². The van der Waals surface area contributed by atoms with Gasteiger partial charge in [0.05, 0.1) is 15.7 Å². The summed E-state index contributed by atoms with van der Waals surface area (Å²) in [5.41, 5.74) is 6.46. The number of halogens is 2. The standard InChI is InChI=1S/C14H19Cl2N3O/c1-9(19-4-2-3-5-19)8-18-14(20)10-6-11(15)13(16)12(17)7-10/h6-7,9H,2-5,8,17H2,1H3,(H,18,20). The maximum absolute atomic E-state index is 12.1. The lowest BCUT2D eigenvalue weighted by Crippen LogP contribution is -2.40. The molecule has 1 aliphatic rings.